The van der Waals surface area contributed by atoms with Crippen molar-refractivity contribution in [1.82, 2.24) is 0 Å². The Morgan fingerprint density at radius 1 is 1.11 bits per heavy atom. The molecule has 0 amide bonds. The second-order valence-electron chi connectivity index (χ2n) is 5.59. The van der Waals surface area contributed by atoms with Crippen molar-refractivity contribution in [3.8, 4) is 0 Å². The third-order valence-electron chi connectivity index (χ3n) is 3.38. The molecule has 0 spiro atoms. The minimum atomic E-state index is -0.796. The molecule has 1 N–H and O–H groups in total. The maximum absolute atomic E-state index is 11.4. The molecule has 0 bridgehead atoms. The first-order valence-electron chi connectivity index (χ1n) is 5.90. The monoisotopic (exact) mass is 260 g/mol. The normalized spacial score (nSPS) is 13.8. The molecule has 0 aromatic heterocycles. The minimum absolute atomic E-state index is 0. The minimum Gasteiger partial charge on any atom is -0.481 e. The number of hydrogen-bond donors (Lipinski definition) is 1. The van der Waals surface area contributed by atoms with Gasteiger partial charge in [-0.25, -0.2) is 0 Å². The van der Waals surface area contributed by atoms with E-state index in [4.69, 9.17) is 0 Å². The Morgan fingerprint density at radius 3 is 1.83 bits per heavy atom. The van der Waals surface area contributed by atoms with E-state index in [0.29, 0.717) is 12.8 Å². The van der Waals surface area contributed by atoms with Crippen LogP contribution in [0.3, 0.4) is 0 Å². The van der Waals surface area contributed by atoms with Crippen molar-refractivity contribution in [2.24, 2.45) is 10.8 Å². The fourth-order valence-corrected chi connectivity index (χ4v) is 1.94. The largest absolute Gasteiger partial charge is 0.481 e. The highest BCUT2D eigenvalue weighted by Crippen LogP contribution is 2.38. The van der Waals surface area contributed by atoms with Gasteiger partial charge in [-0.05, 0) is 26.7 Å². The molecule has 0 heterocycles. The highest BCUT2D eigenvalue weighted by Gasteiger charge is 2.40. The number of rotatable bonds is 7. The predicted molar refractivity (Wildman–Crippen MR) is 77.8 cm³/mol. The van der Waals surface area contributed by atoms with Gasteiger partial charge in [0.2, 0.25) is 0 Å². The van der Waals surface area contributed by atoms with Crippen molar-refractivity contribution >= 4 is 11.8 Å². The van der Waals surface area contributed by atoms with Crippen LogP contribution in [0, 0.1) is 10.8 Å². The molecular weight excluding hydrogens is 228 g/mol. The molecule has 18 heavy (non-hydrogen) atoms. The zero-order valence-electron chi connectivity index (χ0n) is 11.1. The molecule has 0 saturated carbocycles. The van der Waals surface area contributed by atoms with E-state index >= 15 is 0 Å². The average Bonchev–Trinajstić information content (AvgIpc) is 2.13. The lowest BCUT2D eigenvalue weighted by molar-refractivity contribution is -0.151. The van der Waals surface area contributed by atoms with Gasteiger partial charge in [-0.3, -0.25) is 9.59 Å². The SMILES string of the molecule is C.C.CCCCC(C)(CC(C)(C)C(C)=O)C(=O)O. The van der Waals surface area contributed by atoms with E-state index in [1.807, 2.05) is 20.8 Å². The molecule has 0 saturated heterocycles. The van der Waals surface area contributed by atoms with E-state index in [2.05, 4.69) is 0 Å². The Labute approximate surface area is 113 Å². The molecule has 0 aromatic rings. The second-order valence-corrected chi connectivity index (χ2v) is 5.59. The standard InChI is InChI=1S/C13H24O3.2CH4/c1-6-7-8-13(5,11(15)16)9-12(3,4)10(2)14;;/h6-9H2,1-5H3,(H,15,16);2*1H4. The van der Waals surface area contributed by atoms with Crippen LogP contribution in [0.5, 0.6) is 0 Å². The van der Waals surface area contributed by atoms with Crippen LogP contribution in [0.4, 0.5) is 0 Å². The molecule has 0 aliphatic heterocycles. The number of carbonyl (C=O) groups is 2. The Morgan fingerprint density at radius 2 is 1.56 bits per heavy atom. The summed E-state index contributed by atoms with van der Waals surface area (Å²) in [7, 11) is 0. The van der Waals surface area contributed by atoms with Crippen LogP contribution in [-0.2, 0) is 9.59 Å². The van der Waals surface area contributed by atoms with E-state index in [1.54, 1.807) is 6.92 Å². The fraction of sp³-hybridized carbons (Fsp3) is 0.867. The van der Waals surface area contributed by atoms with Crippen LogP contribution in [0.2, 0.25) is 0 Å². The first-order valence-corrected chi connectivity index (χ1v) is 5.90. The summed E-state index contributed by atoms with van der Waals surface area (Å²) in [4.78, 5) is 22.8. The van der Waals surface area contributed by atoms with Gasteiger partial charge < -0.3 is 5.11 Å². The lowest BCUT2D eigenvalue weighted by Crippen LogP contribution is -2.36. The van der Waals surface area contributed by atoms with Gasteiger partial charge >= 0.3 is 5.97 Å². The van der Waals surface area contributed by atoms with Crippen LogP contribution in [-0.4, -0.2) is 16.9 Å². The summed E-state index contributed by atoms with van der Waals surface area (Å²) in [5, 5.41) is 9.29. The smallest absolute Gasteiger partial charge is 0.309 e. The van der Waals surface area contributed by atoms with Crippen molar-refractivity contribution in [3.05, 3.63) is 0 Å². The number of hydrogen-bond acceptors (Lipinski definition) is 2. The third-order valence-corrected chi connectivity index (χ3v) is 3.38. The van der Waals surface area contributed by atoms with Crippen molar-refractivity contribution in [1.29, 1.82) is 0 Å². The molecule has 0 aromatic carbocycles. The first-order chi connectivity index (χ1) is 7.15. The first kappa shape index (κ1) is 22.3. The van der Waals surface area contributed by atoms with Gasteiger partial charge in [0.15, 0.2) is 0 Å². The number of carboxylic acids is 1. The molecule has 0 radical (unpaired) electrons. The number of carbonyl (C=O) groups excluding carboxylic acids is 1. The maximum atomic E-state index is 11.4. The maximum Gasteiger partial charge on any atom is 0.309 e. The van der Waals surface area contributed by atoms with Crippen molar-refractivity contribution in [2.45, 2.75) is 75.2 Å². The van der Waals surface area contributed by atoms with Gasteiger partial charge in [-0.1, -0.05) is 48.5 Å². The van der Waals surface area contributed by atoms with Gasteiger partial charge in [0.05, 0.1) is 5.41 Å². The molecular formula is C15H32O3. The Bertz CT molecular complexity index is 269. The number of ketones is 1. The van der Waals surface area contributed by atoms with Crippen LogP contribution in [0.1, 0.15) is 75.2 Å². The highest BCUT2D eigenvalue weighted by atomic mass is 16.4. The van der Waals surface area contributed by atoms with Crippen molar-refractivity contribution in [2.75, 3.05) is 0 Å². The summed E-state index contributed by atoms with van der Waals surface area (Å²) < 4.78 is 0. The molecule has 110 valence electrons. The summed E-state index contributed by atoms with van der Waals surface area (Å²) in [5.41, 5.74) is -1.34. The summed E-state index contributed by atoms with van der Waals surface area (Å²) in [6.45, 7) is 8.96. The summed E-state index contributed by atoms with van der Waals surface area (Å²) >= 11 is 0. The summed E-state index contributed by atoms with van der Waals surface area (Å²) in [5.74, 6) is -0.744. The molecule has 0 aliphatic rings. The van der Waals surface area contributed by atoms with E-state index < -0.39 is 16.8 Å². The Hall–Kier alpha value is -0.860. The molecule has 0 aliphatic carbocycles. The fourth-order valence-electron chi connectivity index (χ4n) is 1.94. The lowest BCUT2D eigenvalue weighted by Gasteiger charge is -2.33. The van der Waals surface area contributed by atoms with Crippen LogP contribution in [0.15, 0.2) is 0 Å². The lowest BCUT2D eigenvalue weighted by atomic mass is 9.70. The van der Waals surface area contributed by atoms with E-state index in [9.17, 15) is 14.7 Å². The van der Waals surface area contributed by atoms with E-state index in [1.165, 1.54) is 6.92 Å². The van der Waals surface area contributed by atoms with Gasteiger partial charge in [-0.2, -0.15) is 0 Å². The molecule has 3 nitrogen and oxygen atoms in total. The Balaban J connectivity index is -0.00000112. The van der Waals surface area contributed by atoms with Gasteiger partial charge in [0.1, 0.15) is 5.78 Å². The molecule has 3 heteroatoms. The third kappa shape index (κ3) is 6.18. The zero-order chi connectivity index (χ0) is 13.0. The van der Waals surface area contributed by atoms with Crippen LogP contribution < -0.4 is 0 Å². The molecule has 1 unspecified atom stereocenters. The van der Waals surface area contributed by atoms with Crippen molar-refractivity contribution < 1.29 is 14.7 Å². The van der Waals surface area contributed by atoms with Gasteiger partial charge in [0, 0.05) is 5.41 Å². The topological polar surface area (TPSA) is 54.4 Å². The van der Waals surface area contributed by atoms with Crippen LogP contribution in [0.25, 0.3) is 0 Å². The Kier molecular flexibility index (Phi) is 10.3. The zero-order valence-corrected chi connectivity index (χ0v) is 11.1. The van der Waals surface area contributed by atoms with Gasteiger partial charge in [0.25, 0.3) is 0 Å². The highest BCUT2D eigenvalue weighted by molar-refractivity contribution is 5.83. The number of unbranched alkanes of at least 4 members (excludes halogenated alkanes) is 1. The van der Waals surface area contributed by atoms with Crippen molar-refractivity contribution in [3.63, 3.8) is 0 Å². The van der Waals surface area contributed by atoms with E-state index in [-0.39, 0.29) is 20.6 Å². The molecule has 0 fully saturated rings. The summed E-state index contributed by atoms with van der Waals surface area (Å²) in [6, 6.07) is 0. The number of Topliss-reactive ketones (excluding diaryl/α,β-unsaturated/α-hetero) is 1. The molecule has 0 rings (SSSR count). The van der Waals surface area contributed by atoms with E-state index in [0.717, 1.165) is 12.8 Å². The van der Waals surface area contributed by atoms with Gasteiger partial charge in [-0.15, -0.1) is 0 Å². The average molecular weight is 260 g/mol. The number of carboxylic acid groups (broad SMARTS) is 1. The van der Waals surface area contributed by atoms with Crippen LogP contribution >= 0.6 is 0 Å². The predicted octanol–water partition coefficient (Wildman–Crippen LogP) is 4.55. The quantitative estimate of drug-likeness (QED) is 0.731. The molecule has 1 atom stereocenters. The number of aliphatic carboxylic acids is 1. The summed E-state index contributed by atoms with van der Waals surface area (Å²) in [6.07, 6.45) is 2.90. The second kappa shape index (κ2) is 8.28.